The number of rotatable bonds is 26. The van der Waals surface area contributed by atoms with E-state index < -0.39 is 5.97 Å². The molecule has 7 nitrogen and oxygen atoms in total. The van der Waals surface area contributed by atoms with Crippen LogP contribution in [0.3, 0.4) is 0 Å². The van der Waals surface area contributed by atoms with Crippen molar-refractivity contribution in [1.82, 2.24) is 0 Å². The highest BCUT2D eigenvalue weighted by atomic mass is 32.1. The van der Waals surface area contributed by atoms with E-state index in [0.29, 0.717) is 52.9 Å². The minimum absolute atomic E-state index is 0.0196. The van der Waals surface area contributed by atoms with Gasteiger partial charge in [-0.25, -0.2) is 0 Å². The van der Waals surface area contributed by atoms with Gasteiger partial charge in [0.25, 0.3) is 0 Å². The molecule has 180 valence electrons. The quantitative estimate of drug-likeness (QED) is 0.152. The van der Waals surface area contributed by atoms with Crippen LogP contribution in [0.15, 0.2) is 0 Å². The molecule has 0 aliphatic heterocycles. The Morgan fingerprint density at radius 1 is 0.500 bits per heavy atom. The maximum Gasteiger partial charge on any atom is 0.305 e. The molecule has 0 aromatic heterocycles. The third kappa shape index (κ3) is 27.6. The lowest BCUT2D eigenvalue weighted by atomic mass is 10.1. The first-order valence-electron chi connectivity index (χ1n) is 11.5. The smallest absolute Gasteiger partial charge is 0.305 e. The maximum absolute atomic E-state index is 10.3. The lowest BCUT2D eigenvalue weighted by molar-refractivity contribution is -0.138. The predicted octanol–water partition coefficient (Wildman–Crippen LogP) is 3.98. The molecule has 1 N–H and O–H groups in total. The standard InChI is InChI=1S/C22H44O7S/c23-22(24)10-12-26-14-16-28-18-20-29-19-17-27-15-13-25-11-8-6-4-2-1-3-5-7-9-21-30/h30H,1-21H2,(H,23,24). The molecule has 0 aromatic carbocycles. The monoisotopic (exact) mass is 452 g/mol. The van der Waals surface area contributed by atoms with E-state index in [1.807, 2.05) is 0 Å². The average molecular weight is 453 g/mol. The van der Waals surface area contributed by atoms with Crippen molar-refractivity contribution in [2.45, 2.75) is 64.2 Å². The summed E-state index contributed by atoms with van der Waals surface area (Å²) < 4.78 is 26.9. The fourth-order valence-electron chi connectivity index (χ4n) is 2.69. The van der Waals surface area contributed by atoms with Crippen molar-refractivity contribution < 1.29 is 33.6 Å². The van der Waals surface area contributed by atoms with Crippen molar-refractivity contribution in [3.63, 3.8) is 0 Å². The van der Waals surface area contributed by atoms with Crippen LogP contribution in [0.2, 0.25) is 0 Å². The van der Waals surface area contributed by atoms with Gasteiger partial charge in [0.1, 0.15) is 0 Å². The number of unbranched alkanes of at least 4 members (excludes halogenated alkanes) is 8. The second kappa shape index (κ2) is 26.7. The third-order valence-electron chi connectivity index (χ3n) is 4.40. The molecule has 0 saturated carbocycles. The number of thiol groups is 1. The second-order valence-electron chi connectivity index (χ2n) is 7.11. The van der Waals surface area contributed by atoms with E-state index in [0.717, 1.165) is 18.8 Å². The molecule has 0 spiro atoms. The van der Waals surface area contributed by atoms with E-state index in [9.17, 15) is 4.79 Å². The summed E-state index contributed by atoms with van der Waals surface area (Å²) in [5.41, 5.74) is 0. The van der Waals surface area contributed by atoms with E-state index in [-0.39, 0.29) is 13.0 Å². The van der Waals surface area contributed by atoms with E-state index in [1.54, 1.807) is 0 Å². The van der Waals surface area contributed by atoms with Crippen LogP contribution in [0.1, 0.15) is 64.2 Å². The van der Waals surface area contributed by atoms with Gasteiger partial charge in [-0.15, -0.1) is 0 Å². The molecule has 0 amide bonds. The SMILES string of the molecule is O=C(O)CCOCCOCCOCCOCCOCCCCCCCCCCCS. The Morgan fingerprint density at radius 2 is 0.833 bits per heavy atom. The number of hydrogen-bond acceptors (Lipinski definition) is 7. The summed E-state index contributed by atoms with van der Waals surface area (Å²) in [5, 5.41) is 8.45. The zero-order valence-electron chi connectivity index (χ0n) is 18.7. The Hall–Kier alpha value is -0.380. The topological polar surface area (TPSA) is 83.5 Å². The van der Waals surface area contributed by atoms with Crippen LogP contribution in [0.4, 0.5) is 0 Å². The van der Waals surface area contributed by atoms with Gasteiger partial charge in [-0.2, -0.15) is 12.6 Å². The highest BCUT2D eigenvalue weighted by Gasteiger charge is 1.97. The zero-order chi connectivity index (χ0) is 22.0. The molecule has 0 rings (SSSR count). The van der Waals surface area contributed by atoms with E-state index in [2.05, 4.69) is 12.6 Å². The van der Waals surface area contributed by atoms with Gasteiger partial charge in [0.15, 0.2) is 0 Å². The minimum atomic E-state index is -0.856. The first-order valence-corrected chi connectivity index (χ1v) is 12.1. The van der Waals surface area contributed by atoms with Crippen LogP contribution in [-0.4, -0.2) is 82.9 Å². The molecule has 0 aromatic rings. The molecule has 0 bridgehead atoms. The van der Waals surface area contributed by atoms with Crippen molar-refractivity contribution >= 4 is 18.6 Å². The van der Waals surface area contributed by atoms with Gasteiger partial charge < -0.3 is 28.8 Å². The van der Waals surface area contributed by atoms with E-state index >= 15 is 0 Å². The largest absolute Gasteiger partial charge is 0.481 e. The number of carboxylic acids is 1. The van der Waals surface area contributed by atoms with Gasteiger partial charge in [0, 0.05) is 6.61 Å². The van der Waals surface area contributed by atoms with E-state index in [1.165, 1.54) is 51.4 Å². The van der Waals surface area contributed by atoms with Gasteiger partial charge >= 0.3 is 5.97 Å². The molecule has 0 heterocycles. The third-order valence-corrected chi connectivity index (χ3v) is 4.71. The van der Waals surface area contributed by atoms with Crippen LogP contribution in [0.25, 0.3) is 0 Å². The van der Waals surface area contributed by atoms with Crippen molar-refractivity contribution in [2.24, 2.45) is 0 Å². The van der Waals surface area contributed by atoms with Crippen LogP contribution in [-0.2, 0) is 28.5 Å². The zero-order valence-corrected chi connectivity index (χ0v) is 19.6. The summed E-state index contributed by atoms with van der Waals surface area (Å²) in [5.74, 6) is 0.163. The highest BCUT2D eigenvalue weighted by Crippen LogP contribution is 2.10. The maximum atomic E-state index is 10.3. The Kier molecular flexibility index (Phi) is 26.3. The molecule has 0 unspecified atom stereocenters. The molecule has 0 atom stereocenters. The summed E-state index contributed by atoms with van der Waals surface area (Å²) in [7, 11) is 0. The summed E-state index contributed by atoms with van der Waals surface area (Å²) in [4.78, 5) is 10.3. The molecule has 0 aliphatic carbocycles. The second-order valence-corrected chi connectivity index (χ2v) is 7.56. The predicted molar refractivity (Wildman–Crippen MR) is 122 cm³/mol. The average Bonchev–Trinajstić information content (AvgIpc) is 2.73. The molecular formula is C22H44O7S. The van der Waals surface area contributed by atoms with Crippen molar-refractivity contribution in [3.8, 4) is 0 Å². The molecule has 30 heavy (non-hydrogen) atoms. The number of aliphatic carboxylic acids is 1. The minimum Gasteiger partial charge on any atom is -0.481 e. The Labute approximate surface area is 188 Å². The Bertz CT molecular complexity index is 345. The van der Waals surface area contributed by atoms with Gasteiger partial charge in [-0.1, -0.05) is 44.9 Å². The van der Waals surface area contributed by atoms with Crippen molar-refractivity contribution in [3.05, 3.63) is 0 Å². The normalized spacial score (nSPS) is 11.2. The summed E-state index contributed by atoms with van der Waals surface area (Å²) in [6.07, 6.45) is 11.7. The lowest BCUT2D eigenvalue weighted by Gasteiger charge is -2.08. The van der Waals surface area contributed by atoms with Crippen molar-refractivity contribution in [1.29, 1.82) is 0 Å². The van der Waals surface area contributed by atoms with E-state index in [4.69, 9.17) is 28.8 Å². The number of ether oxygens (including phenoxy) is 5. The summed E-state index contributed by atoms with van der Waals surface area (Å²) in [6, 6.07) is 0. The van der Waals surface area contributed by atoms with Crippen LogP contribution in [0, 0.1) is 0 Å². The lowest BCUT2D eigenvalue weighted by Crippen LogP contribution is -2.13. The molecular weight excluding hydrogens is 408 g/mol. The number of carbonyl (C=O) groups is 1. The van der Waals surface area contributed by atoms with Crippen molar-refractivity contribution in [2.75, 3.05) is 71.8 Å². The molecule has 8 heteroatoms. The van der Waals surface area contributed by atoms with Gasteiger partial charge in [0.2, 0.25) is 0 Å². The van der Waals surface area contributed by atoms with Gasteiger partial charge in [0.05, 0.1) is 65.9 Å². The first-order chi connectivity index (χ1) is 14.8. The first kappa shape index (κ1) is 29.6. The number of carboxylic acid groups (broad SMARTS) is 1. The van der Waals surface area contributed by atoms with Gasteiger partial charge in [-0.05, 0) is 18.6 Å². The van der Waals surface area contributed by atoms with Crippen LogP contribution < -0.4 is 0 Å². The fourth-order valence-corrected chi connectivity index (χ4v) is 2.92. The van der Waals surface area contributed by atoms with Crippen LogP contribution in [0.5, 0.6) is 0 Å². The molecule has 0 aliphatic rings. The summed E-state index contributed by atoms with van der Waals surface area (Å²) in [6.45, 7) is 5.18. The molecule has 0 saturated heterocycles. The highest BCUT2D eigenvalue weighted by molar-refractivity contribution is 7.80. The Balaban J connectivity index is 2.99. The van der Waals surface area contributed by atoms with Crippen LogP contribution >= 0.6 is 12.6 Å². The number of hydrogen-bond donors (Lipinski definition) is 2. The fraction of sp³-hybridized carbons (Fsp3) is 0.955. The molecule has 0 radical (unpaired) electrons. The molecule has 0 fully saturated rings. The Morgan fingerprint density at radius 3 is 1.23 bits per heavy atom. The summed E-state index contributed by atoms with van der Waals surface area (Å²) >= 11 is 4.23. The van der Waals surface area contributed by atoms with Gasteiger partial charge in [-0.3, -0.25) is 4.79 Å².